The first-order chi connectivity index (χ1) is 45.8. The van der Waals surface area contributed by atoms with Crippen molar-refractivity contribution in [2.45, 2.75) is 66.1 Å². The molecule has 0 fully saturated rings. The Bertz CT molecular complexity index is 3540. The van der Waals surface area contributed by atoms with Gasteiger partial charge in [-0.3, -0.25) is 39.7 Å². The smallest absolute Gasteiger partial charge is 0.727 e. The quantitative estimate of drug-likeness (QED) is 0.00322. The summed E-state index contributed by atoms with van der Waals surface area (Å²) in [5.74, 6) is 0.819. The van der Waals surface area contributed by atoms with Gasteiger partial charge in [0.15, 0.2) is 52.9 Å². The van der Waals surface area contributed by atoms with Crippen LogP contribution in [0.15, 0.2) is 140 Å². The number of halogens is 1. The van der Waals surface area contributed by atoms with Gasteiger partial charge in [0.1, 0.15) is 17.8 Å². The van der Waals surface area contributed by atoms with Gasteiger partial charge in [0.2, 0.25) is 0 Å². The number of aldehydes is 1. The molecule has 0 spiro atoms. The van der Waals surface area contributed by atoms with Crippen LogP contribution in [0.1, 0.15) is 121 Å². The number of aromatic hydroxyl groups is 3. The summed E-state index contributed by atoms with van der Waals surface area (Å²) in [6.07, 6.45) is 8.28. The summed E-state index contributed by atoms with van der Waals surface area (Å²) in [5, 5.41) is 118. The maximum atomic E-state index is 12.5. The fourth-order valence-electron chi connectivity index (χ4n) is 8.14. The predicted octanol–water partition coefficient (Wildman–Crippen LogP) is 8.04. The summed E-state index contributed by atoms with van der Waals surface area (Å²) in [4.78, 5) is 69.0. The summed E-state index contributed by atoms with van der Waals surface area (Å²) in [5.41, 5.74) is 9.13. The molecule has 0 aliphatic rings. The minimum Gasteiger partial charge on any atom is -0.727 e. The summed E-state index contributed by atoms with van der Waals surface area (Å²) >= 11 is 0. The molecule has 0 heterocycles. The van der Waals surface area contributed by atoms with Crippen LogP contribution in [0.3, 0.4) is 0 Å². The summed E-state index contributed by atoms with van der Waals surface area (Å²) in [7, 11) is 5.51. The molecule has 0 saturated carbocycles. The number of phenols is 3. The van der Waals surface area contributed by atoms with E-state index >= 15 is 0 Å². The third-order valence-corrected chi connectivity index (χ3v) is 13.1. The van der Waals surface area contributed by atoms with Gasteiger partial charge in [0, 0.05) is 53.2 Å². The summed E-state index contributed by atoms with van der Waals surface area (Å²) in [6, 6.07) is 34.0. The molecule has 0 amide bonds. The van der Waals surface area contributed by atoms with Crippen LogP contribution in [0, 0.1) is 7.43 Å². The van der Waals surface area contributed by atoms with Gasteiger partial charge in [-0.2, -0.15) is 0 Å². The molecule has 0 aromatic heterocycles. The maximum Gasteiger partial charge on any atom is 2.00 e. The van der Waals surface area contributed by atoms with E-state index < -0.39 is 0 Å². The number of ketones is 4. The Morgan fingerprint density at radius 1 is 0.429 bits per heavy atom. The molecule has 26 nitrogen and oxygen atoms in total. The van der Waals surface area contributed by atoms with Crippen molar-refractivity contribution in [2.24, 2.45) is 0 Å². The number of ether oxygens (including phenoxy) is 4. The van der Waals surface area contributed by atoms with E-state index in [0.29, 0.717) is 97.7 Å². The zero-order valence-electron chi connectivity index (χ0n) is 55.2. The molecule has 0 aliphatic carbocycles. The number of aliphatic hydroxyl groups excluding tert-OH is 6. The molecule has 0 aliphatic heterocycles. The SMILES string of the molecule is CC(=O)c1ccc(CCOO)c(CO)c1.CC(=O)c1ccc(O)c(CO)c1.CO.COCOc1ccc(/C=C/C(=O)c2ccc(CCOO)c(CO)c2)cc1OC.COc1cc(/C=C/C(=O)c2ccc(O)c(CO)c2)ccc1O.Cl.O=Cc1ccc(CCOO)c(CO)c1.[Ba+2].[CH3-].[O-]O. The zero-order chi connectivity index (χ0) is 71.3. The number of carbonyl (C=O) groups is 5. The molecule has 28 heteroatoms. The Labute approximate surface area is 614 Å². The first-order valence-corrected chi connectivity index (χ1v) is 28.4. The Hall–Kier alpha value is -7.57. The number of phenolic OH excluding ortho intramolecular Hbond substituents is 1. The standard InChI is InChI=1S/C21H24O7.C17H16O5.C11H14O4.C10H12O4.C9H10O3.CH4O.CH3.Ba.ClH.H2O2/c1-25-14-27-20-8-4-15(11-21(20)26-2)3-7-19(23)17-6-5-16(9-10-28-24)18(12-17)13-22;1-22-17-8-11(3-6-16(17)21)2-5-14(19)12-4-7-15(20)13(9-12)10-18;1-8(13)10-3-2-9(4-5-15-14)11(6-10)7-12;11-6-8-1-2-9(3-4-14-13)10(5-8)7-12;1-6(11)7-2-3-9(12)8(4-7)5-10;1-2;;;;1-2/h3-8,11-12,22,24H,9-10,13-14H2,1-2H3;2-9,18,20-21H,10H2,1H3;2-3,6,12,14H,4-5,7H2,1H3;1-2,5-6,12-13H,3-4,7H2;2-4,10,12H,5H2,1H3;2H,1H3;1H3;;1H;1-2H/q;;;;;;-1;+2;;/p-1/b7-3+;5-2+;;;;;;;;. The zero-order valence-corrected chi connectivity index (χ0v) is 60.5. The third-order valence-electron chi connectivity index (χ3n) is 13.1. The van der Waals surface area contributed by atoms with Crippen molar-refractivity contribution in [3.63, 3.8) is 0 Å². The van der Waals surface area contributed by atoms with Gasteiger partial charge in [0.25, 0.3) is 0 Å². The molecule has 0 unspecified atom stereocenters. The molecule has 0 radical (unpaired) electrons. The first-order valence-electron chi connectivity index (χ1n) is 28.4. The number of aliphatic hydroxyl groups is 6. The molecule has 7 aromatic carbocycles. The summed E-state index contributed by atoms with van der Waals surface area (Å²) in [6.45, 7) is 2.44. The average Bonchev–Trinajstić information content (AvgIpc) is 0.885. The Balaban J connectivity index is -0.00000116. The van der Waals surface area contributed by atoms with Crippen molar-refractivity contribution < 1.29 is 130 Å². The van der Waals surface area contributed by atoms with Crippen LogP contribution in [-0.4, -0.2) is 200 Å². The van der Waals surface area contributed by atoms with E-state index in [1.54, 1.807) is 97.1 Å². The number of hydrogen-bond donors (Lipinski definition) is 13. The molecule has 13 N–H and O–H groups in total. The minimum atomic E-state index is -0.341. The van der Waals surface area contributed by atoms with Gasteiger partial charge in [-0.05, 0) is 169 Å². The number of allylic oxidation sites excluding steroid dienone is 2. The Morgan fingerprint density at radius 3 is 1.16 bits per heavy atom. The van der Waals surface area contributed by atoms with E-state index in [9.17, 15) is 39.3 Å². The van der Waals surface area contributed by atoms with E-state index in [0.717, 1.165) is 35.6 Å². The fraction of sp³-hybridized carbons (Fsp3) is 0.257. The van der Waals surface area contributed by atoms with Crippen molar-refractivity contribution in [1.82, 2.24) is 0 Å². The van der Waals surface area contributed by atoms with Gasteiger partial charge in [-0.15, -0.1) is 12.4 Å². The van der Waals surface area contributed by atoms with E-state index in [-0.39, 0.29) is 169 Å². The maximum absolute atomic E-state index is 12.5. The minimum absolute atomic E-state index is 0. The van der Waals surface area contributed by atoms with Gasteiger partial charge >= 0.3 is 48.9 Å². The molecule has 7 aromatic rings. The molecule has 0 atom stereocenters. The van der Waals surface area contributed by atoms with Gasteiger partial charge in [0.05, 0.1) is 67.1 Å². The molecular formula is C70H85BaClO26. The molecule has 530 valence electrons. The second-order valence-electron chi connectivity index (χ2n) is 19.2. The number of benzene rings is 7. The van der Waals surface area contributed by atoms with E-state index in [4.69, 9.17) is 75.9 Å². The van der Waals surface area contributed by atoms with Crippen LogP contribution in [0.2, 0.25) is 0 Å². The van der Waals surface area contributed by atoms with Gasteiger partial charge in [-0.1, -0.05) is 60.7 Å². The number of methoxy groups -OCH3 is 3. The van der Waals surface area contributed by atoms with Gasteiger partial charge in [-0.25, -0.2) is 14.7 Å². The predicted molar refractivity (Wildman–Crippen MR) is 364 cm³/mol. The number of rotatable bonds is 28. The second kappa shape index (κ2) is 55.3. The number of carbonyl (C=O) groups excluding carboxylic acids is 5. The second-order valence-corrected chi connectivity index (χ2v) is 19.2. The van der Waals surface area contributed by atoms with E-state index in [2.05, 4.69) is 14.7 Å². The number of Topliss-reactive ketones (excluding diaryl/α,β-unsaturated/α-hetero) is 2. The normalized spacial score (nSPS) is 9.93. The van der Waals surface area contributed by atoms with Crippen molar-refractivity contribution in [1.29, 1.82) is 0 Å². The molecule has 0 saturated heterocycles. The van der Waals surface area contributed by atoms with Gasteiger partial charge < -0.3 is 82.8 Å². The fourth-order valence-corrected chi connectivity index (χ4v) is 8.14. The van der Waals surface area contributed by atoms with Crippen molar-refractivity contribution in [3.8, 4) is 34.5 Å². The molecular weight excluding hydrogens is 1430 g/mol. The van der Waals surface area contributed by atoms with Crippen LogP contribution in [-0.2, 0) is 71.7 Å². The van der Waals surface area contributed by atoms with Crippen LogP contribution >= 0.6 is 12.4 Å². The van der Waals surface area contributed by atoms with Crippen molar-refractivity contribution >= 4 is 103 Å². The van der Waals surface area contributed by atoms with Crippen LogP contribution in [0.5, 0.6) is 34.5 Å². The monoisotopic (exact) mass is 1510 g/mol. The molecule has 98 heavy (non-hydrogen) atoms. The van der Waals surface area contributed by atoms with E-state index in [1.165, 1.54) is 89.8 Å². The Morgan fingerprint density at radius 2 is 0.765 bits per heavy atom. The van der Waals surface area contributed by atoms with Crippen LogP contribution < -0.4 is 19.5 Å². The van der Waals surface area contributed by atoms with Crippen molar-refractivity contribution in [2.75, 3.05) is 55.1 Å². The topological polar surface area (TPSA) is 436 Å². The Kier molecular flexibility index (Phi) is 53.4. The molecule has 7 rings (SSSR count). The first kappa shape index (κ1) is 94.6. The average molecular weight is 1520 g/mol. The number of hydrogen-bond acceptors (Lipinski definition) is 26. The largest absolute Gasteiger partial charge is 2.00 e. The van der Waals surface area contributed by atoms with Crippen LogP contribution in [0.4, 0.5) is 0 Å². The van der Waals surface area contributed by atoms with Crippen LogP contribution in [0.25, 0.3) is 12.2 Å². The third kappa shape index (κ3) is 33.8. The van der Waals surface area contributed by atoms with E-state index in [1.807, 2.05) is 0 Å². The molecule has 0 bridgehead atoms. The van der Waals surface area contributed by atoms with Crippen molar-refractivity contribution in [3.05, 3.63) is 230 Å². The summed E-state index contributed by atoms with van der Waals surface area (Å²) < 4.78 is 20.6.